The molecule has 1 aromatic carbocycles. The SMILES string of the molecule is COC(c1ccccc1)c1noc([C@H](C)O)n1. The van der Waals surface area contributed by atoms with Crippen molar-refractivity contribution in [2.75, 3.05) is 7.11 Å². The Hall–Kier alpha value is -1.72. The van der Waals surface area contributed by atoms with Gasteiger partial charge in [0.1, 0.15) is 12.2 Å². The molecule has 5 heteroatoms. The minimum absolute atomic E-state index is 0.193. The van der Waals surface area contributed by atoms with Gasteiger partial charge in [-0.25, -0.2) is 0 Å². The van der Waals surface area contributed by atoms with Gasteiger partial charge in [-0.1, -0.05) is 35.5 Å². The van der Waals surface area contributed by atoms with E-state index in [1.54, 1.807) is 14.0 Å². The molecule has 0 aliphatic carbocycles. The monoisotopic (exact) mass is 234 g/mol. The average Bonchev–Trinajstić information content (AvgIpc) is 2.81. The van der Waals surface area contributed by atoms with E-state index in [0.717, 1.165) is 5.56 Å². The standard InChI is InChI=1S/C12H14N2O3/c1-8(15)12-13-11(14-17-12)10(16-2)9-6-4-3-5-7-9/h3-8,10,15H,1-2H3/t8-,10?/m0/s1. The number of methoxy groups -OCH3 is 1. The van der Waals surface area contributed by atoms with E-state index in [9.17, 15) is 5.11 Å². The summed E-state index contributed by atoms with van der Waals surface area (Å²) in [7, 11) is 1.58. The van der Waals surface area contributed by atoms with E-state index in [-0.39, 0.29) is 12.0 Å². The van der Waals surface area contributed by atoms with Gasteiger partial charge in [-0.15, -0.1) is 0 Å². The van der Waals surface area contributed by atoms with Crippen molar-refractivity contribution >= 4 is 0 Å². The normalized spacial score (nSPS) is 14.5. The summed E-state index contributed by atoms with van der Waals surface area (Å²) in [5, 5.41) is 13.1. The van der Waals surface area contributed by atoms with Crippen LogP contribution in [0.25, 0.3) is 0 Å². The van der Waals surface area contributed by atoms with Gasteiger partial charge in [0, 0.05) is 7.11 Å². The number of ether oxygens (including phenoxy) is 1. The maximum absolute atomic E-state index is 9.33. The maximum atomic E-state index is 9.33. The van der Waals surface area contributed by atoms with Crippen molar-refractivity contribution < 1.29 is 14.4 Å². The van der Waals surface area contributed by atoms with E-state index < -0.39 is 6.10 Å². The van der Waals surface area contributed by atoms with Crippen molar-refractivity contribution in [3.05, 3.63) is 47.6 Å². The van der Waals surface area contributed by atoms with Gasteiger partial charge in [0.2, 0.25) is 5.82 Å². The summed E-state index contributed by atoms with van der Waals surface area (Å²) in [5.41, 5.74) is 0.938. The third-order valence-electron chi connectivity index (χ3n) is 2.39. The number of rotatable bonds is 4. The summed E-state index contributed by atoms with van der Waals surface area (Å²) < 4.78 is 10.3. The predicted molar refractivity (Wildman–Crippen MR) is 60.2 cm³/mol. The third-order valence-corrected chi connectivity index (χ3v) is 2.39. The molecule has 2 atom stereocenters. The van der Waals surface area contributed by atoms with Crippen LogP contribution in [0.5, 0.6) is 0 Å². The molecule has 1 aromatic heterocycles. The minimum atomic E-state index is -0.774. The van der Waals surface area contributed by atoms with Crippen LogP contribution in [-0.2, 0) is 4.74 Å². The highest BCUT2D eigenvalue weighted by Gasteiger charge is 2.21. The molecule has 1 unspecified atom stereocenters. The first-order valence-corrected chi connectivity index (χ1v) is 5.31. The van der Waals surface area contributed by atoms with Crippen LogP contribution in [0, 0.1) is 0 Å². The zero-order chi connectivity index (χ0) is 12.3. The maximum Gasteiger partial charge on any atom is 0.255 e. The molecule has 1 N–H and O–H groups in total. The Bertz CT molecular complexity index is 468. The zero-order valence-corrected chi connectivity index (χ0v) is 9.70. The van der Waals surface area contributed by atoms with E-state index in [2.05, 4.69) is 10.1 Å². The summed E-state index contributed by atoms with van der Waals surface area (Å²) >= 11 is 0. The fourth-order valence-corrected chi connectivity index (χ4v) is 1.54. The molecule has 5 nitrogen and oxygen atoms in total. The number of benzene rings is 1. The molecule has 0 amide bonds. The number of aromatic nitrogens is 2. The van der Waals surface area contributed by atoms with Crippen molar-refractivity contribution in [3.8, 4) is 0 Å². The van der Waals surface area contributed by atoms with Crippen molar-refractivity contribution in [3.63, 3.8) is 0 Å². The molecule has 0 spiro atoms. The van der Waals surface area contributed by atoms with Crippen LogP contribution < -0.4 is 0 Å². The number of aliphatic hydroxyl groups excluding tert-OH is 1. The molecule has 0 bridgehead atoms. The number of hydrogen-bond acceptors (Lipinski definition) is 5. The first-order valence-electron chi connectivity index (χ1n) is 5.31. The molecular formula is C12H14N2O3. The van der Waals surface area contributed by atoms with Gasteiger partial charge in [-0.05, 0) is 12.5 Å². The summed E-state index contributed by atoms with van der Waals surface area (Å²) in [4.78, 5) is 4.10. The van der Waals surface area contributed by atoms with Gasteiger partial charge in [0.15, 0.2) is 0 Å². The molecule has 2 rings (SSSR count). The quantitative estimate of drug-likeness (QED) is 0.874. The summed E-state index contributed by atoms with van der Waals surface area (Å²) in [6, 6.07) is 9.60. The summed E-state index contributed by atoms with van der Waals surface area (Å²) in [5.74, 6) is 0.604. The fourth-order valence-electron chi connectivity index (χ4n) is 1.54. The van der Waals surface area contributed by atoms with Gasteiger partial charge in [0.05, 0.1) is 0 Å². The molecule has 0 aliphatic rings. The van der Waals surface area contributed by atoms with Crippen LogP contribution >= 0.6 is 0 Å². The Balaban J connectivity index is 2.29. The highest BCUT2D eigenvalue weighted by molar-refractivity contribution is 5.22. The number of hydrogen-bond donors (Lipinski definition) is 1. The predicted octanol–water partition coefficient (Wildman–Crippen LogP) is 1.86. The zero-order valence-electron chi connectivity index (χ0n) is 9.70. The van der Waals surface area contributed by atoms with E-state index in [1.165, 1.54) is 0 Å². The second-order valence-corrected chi connectivity index (χ2v) is 3.69. The lowest BCUT2D eigenvalue weighted by Gasteiger charge is -2.10. The highest BCUT2D eigenvalue weighted by Crippen LogP contribution is 2.23. The minimum Gasteiger partial charge on any atom is -0.384 e. The number of aliphatic hydroxyl groups is 1. The van der Waals surface area contributed by atoms with Crippen LogP contribution in [0.1, 0.15) is 36.4 Å². The lowest BCUT2D eigenvalue weighted by Crippen LogP contribution is -2.05. The lowest BCUT2D eigenvalue weighted by atomic mass is 10.1. The Labute approximate surface area is 99.0 Å². The Morgan fingerprint density at radius 3 is 2.53 bits per heavy atom. The second-order valence-electron chi connectivity index (χ2n) is 3.69. The average molecular weight is 234 g/mol. The second kappa shape index (κ2) is 5.07. The van der Waals surface area contributed by atoms with Crippen LogP contribution in [0.3, 0.4) is 0 Å². The third kappa shape index (κ3) is 2.51. The fraction of sp³-hybridized carbons (Fsp3) is 0.333. The Morgan fingerprint density at radius 2 is 2.00 bits per heavy atom. The summed E-state index contributed by atoms with van der Waals surface area (Å²) in [6.45, 7) is 1.57. The van der Waals surface area contributed by atoms with Crippen molar-refractivity contribution in [2.24, 2.45) is 0 Å². The van der Waals surface area contributed by atoms with Crippen LogP contribution in [0.15, 0.2) is 34.9 Å². The number of nitrogens with zero attached hydrogens (tertiary/aromatic N) is 2. The van der Waals surface area contributed by atoms with Gasteiger partial charge < -0.3 is 14.4 Å². The van der Waals surface area contributed by atoms with Crippen molar-refractivity contribution in [1.29, 1.82) is 0 Å². The molecule has 90 valence electrons. The lowest BCUT2D eigenvalue weighted by molar-refractivity contribution is 0.126. The van der Waals surface area contributed by atoms with E-state index in [0.29, 0.717) is 5.82 Å². The smallest absolute Gasteiger partial charge is 0.255 e. The highest BCUT2D eigenvalue weighted by atomic mass is 16.5. The first kappa shape index (κ1) is 11.8. The van der Waals surface area contributed by atoms with Crippen molar-refractivity contribution in [1.82, 2.24) is 10.1 Å². The van der Waals surface area contributed by atoms with Crippen molar-refractivity contribution in [2.45, 2.75) is 19.1 Å². The molecular weight excluding hydrogens is 220 g/mol. The molecule has 17 heavy (non-hydrogen) atoms. The Morgan fingerprint density at radius 1 is 1.29 bits per heavy atom. The van der Waals surface area contributed by atoms with Crippen LogP contribution in [-0.4, -0.2) is 22.4 Å². The van der Waals surface area contributed by atoms with E-state index in [1.807, 2.05) is 30.3 Å². The molecule has 0 aliphatic heterocycles. The largest absolute Gasteiger partial charge is 0.384 e. The van der Waals surface area contributed by atoms with Gasteiger partial charge in [-0.3, -0.25) is 0 Å². The molecule has 0 radical (unpaired) electrons. The molecule has 0 fully saturated rings. The van der Waals surface area contributed by atoms with Gasteiger partial charge >= 0.3 is 0 Å². The topological polar surface area (TPSA) is 68.4 Å². The molecule has 1 heterocycles. The van der Waals surface area contributed by atoms with Crippen LogP contribution in [0.2, 0.25) is 0 Å². The van der Waals surface area contributed by atoms with Gasteiger partial charge in [-0.2, -0.15) is 4.98 Å². The molecule has 2 aromatic rings. The first-order chi connectivity index (χ1) is 8.22. The molecule has 0 saturated carbocycles. The van der Waals surface area contributed by atoms with E-state index >= 15 is 0 Å². The van der Waals surface area contributed by atoms with E-state index in [4.69, 9.17) is 9.26 Å². The Kier molecular flexibility index (Phi) is 3.51. The van der Waals surface area contributed by atoms with Crippen LogP contribution in [0.4, 0.5) is 0 Å². The molecule has 0 saturated heterocycles. The van der Waals surface area contributed by atoms with Gasteiger partial charge in [0.25, 0.3) is 5.89 Å². The summed E-state index contributed by atoms with van der Waals surface area (Å²) in [6.07, 6.45) is -1.16.